The number of aromatic nitrogens is 2. The van der Waals surface area contributed by atoms with Crippen molar-refractivity contribution in [1.82, 2.24) is 9.78 Å². The number of carboxylic acids is 1. The number of aliphatic carboxylic acids is 1. The van der Waals surface area contributed by atoms with Gasteiger partial charge in [0.15, 0.2) is 0 Å². The van der Waals surface area contributed by atoms with E-state index in [1.165, 1.54) is 5.56 Å². The number of carbonyl (C=O) groups is 1. The molecule has 0 saturated carbocycles. The minimum atomic E-state index is -0.857. The van der Waals surface area contributed by atoms with Crippen molar-refractivity contribution in [3.8, 4) is 17.6 Å². The van der Waals surface area contributed by atoms with Crippen LogP contribution in [0.2, 0.25) is 0 Å². The molecule has 0 amide bonds. The molecular formula is C24H26N2O3. The van der Waals surface area contributed by atoms with E-state index in [-0.39, 0.29) is 12.3 Å². The molecule has 1 heterocycles. The molecule has 0 bridgehead atoms. The summed E-state index contributed by atoms with van der Waals surface area (Å²) in [5.74, 6) is 5.35. The monoisotopic (exact) mass is 390 g/mol. The number of hydrogen-bond acceptors (Lipinski definition) is 3. The summed E-state index contributed by atoms with van der Waals surface area (Å²) in [6, 6.07) is 12.0. The van der Waals surface area contributed by atoms with E-state index in [1.807, 2.05) is 35.1 Å². The molecule has 0 saturated heterocycles. The van der Waals surface area contributed by atoms with E-state index in [0.717, 1.165) is 27.8 Å². The molecule has 3 rings (SSSR count). The number of hydrogen-bond donors (Lipinski definition) is 1. The molecule has 0 radical (unpaired) electrons. The summed E-state index contributed by atoms with van der Waals surface area (Å²) in [4.78, 5) is 11.1. The largest absolute Gasteiger partial charge is 0.489 e. The number of rotatable bonds is 7. The lowest BCUT2D eigenvalue weighted by Gasteiger charge is -2.14. The maximum atomic E-state index is 11.1. The average molecular weight is 390 g/mol. The second-order valence-electron chi connectivity index (χ2n) is 7.37. The second-order valence-corrected chi connectivity index (χ2v) is 7.37. The molecule has 1 aromatic heterocycles. The first-order valence-corrected chi connectivity index (χ1v) is 9.73. The highest BCUT2D eigenvalue weighted by Crippen LogP contribution is 2.26. The minimum Gasteiger partial charge on any atom is -0.489 e. The molecule has 3 aromatic rings. The van der Waals surface area contributed by atoms with Gasteiger partial charge in [-0.2, -0.15) is 5.10 Å². The third kappa shape index (κ3) is 4.60. The van der Waals surface area contributed by atoms with Gasteiger partial charge >= 0.3 is 5.97 Å². The smallest absolute Gasteiger partial charge is 0.304 e. The lowest BCUT2D eigenvalue weighted by molar-refractivity contribution is -0.137. The highest BCUT2D eigenvalue weighted by atomic mass is 16.5. The molecule has 0 aliphatic rings. The fourth-order valence-corrected chi connectivity index (χ4v) is 3.46. The Hall–Kier alpha value is -3.26. The van der Waals surface area contributed by atoms with Crippen molar-refractivity contribution in [3.05, 3.63) is 59.3 Å². The summed E-state index contributed by atoms with van der Waals surface area (Å²) in [7, 11) is 0. The molecule has 150 valence electrons. The molecule has 0 fully saturated rings. The van der Waals surface area contributed by atoms with Crippen LogP contribution < -0.4 is 4.74 Å². The maximum Gasteiger partial charge on any atom is 0.304 e. The Labute approximate surface area is 171 Å². The van der Waals surface area contributed by atoms with Crippen LogP contribution in [0.5, 0.6) is 5.75 Å². The second kappa shape index (κ2) is 8.83. The first kappa shape index (κ1) is 20.5. The summed E-state index contributed by atoms with van der Waals surface area (Å²) in [6.45, 7) is 8.52. The summed E-state index contributed by atoms with van der Waals surface area (Å²) in [5, 5.41) is 14.7. The van der Waals surface area contributed by atoms with Crippen molar-refractivity contribution in [1.29, 1.82) is 0 Å². The number of ether oxygens (including phenoxy) is 1. The number of benzene rings is 2. The van der Waals surface area contributed by atoms with Gasteiger partial charge in [-0.3, -0.25) is 9.48 Å². The summed E-state index contributed by atoms with van der Waals surface area (Å²) >= 11 is 0. The zero-order valence-electron chi connectivity index (χ0n) is 17.3. The average Bonchev–Trinajstić information content (AvgIpc) is 3.13. The minimum absolute atomic E-state index is 0.0101. The Kier molecular flexibility index (Phi) is 6.23. The van der Waals surface area contributed by atoms with Crippen molar-refractivity contribution in [3.63, 3.8) is 0 Å². The molecule has 0 aliphatic heterocycles. The number of aryl methyl sites for hydroxylation is 1. The Bertz CT molecular complexity index is 1070. The van der Waals surface area contributed by atoms with Crippen LogP contribution >= 0.6 is 0 Å². The van der Waals surface area contributed by atoms with Crippen LogP contribution in [-0.2, 0) is 11.4 Å². The Morgan fingerprint density at radius 2 is 1.93 bits per heavy atom. The van der Waals surface area contributed by atoms with Gasteiger partial charge in [-0.15, -0.1) is 5.92 Å². The Balaban J connectivity index is 1.76. The molecule has 2 aromatic carbocycles. The highest BCUT2D eigenvalue weighted by molar-refractivity contribution is 5.83. The SMILES string of the molecule is CC#C[C@@H](CC(=O)O)c1ccc(OCc2ccc3cnn(C(C)C)c3c2C)cc1. The summed E-state index contributed by atoms with van der Waals surface area (Å²) < 4.78 is 8.03. The summed E-state index contributed by atoms with van der Waals surface area (Å²) in [6.07, 6.45) is 1.89. The molecule has 1 N–H and O–H groups in total. The first-order valence-electron chi connectivity index (χ1n) is 9.73. The molecular weight excluding hydrogens is 364 g/mol. The molecule has 5 nitrogen and oxygen atoms in total. The van der Waals surface area contributed by atoms with Crippen LogP contribution in [0.3, 0.4) is 0 Å². The van der Waals surface area contributed by atoms with Gasteiger partial charge in [0.1, 0.15) is 12.4 Å². The van der Waals surface area contributed by atoms with Crippen molar-refractivity contribution >= 4 is 16.9 Å². The van der Waals surface area contributed by atoms with Gasteiger partial charge in [0.2, 0.25) is 0 Å². The van der Waals surface area contributed by atoms with E-state index in [1.54, 1.807) is 6.92 Å². The van der Waals surface area contributed by atoms with Gasteiger partial charge in [-0.05, 0) is 56.5 Å². The normalized spacial score (nSPS) is 11.9. The van der Waals surface area contributed by atoms with E-state index >= 15 is 0 Å². The molecule has 0 unspecified atom stereocenters. The predicted octanol–water partition coefficient (Wildman–Crippen LogP) is 5.09. The lowest BCUT2D eigenvalue weighted by atomic mass is 9.96. The van der Waals surface area contributed by atoms with Crippen LogP contribution in [-0.4, -0.2) is 20.9 Å². The zero-order chi connectivity index (χ0) is 21.0. The van der Waals surface area contributed by atoms with E-state index in [0.29, 0.717) is 12.6 Å². The Morgan fingerprint density at radius 1 is 1.21 bits per heavy atom. The summed E-state index contributed by atoms with van der Waals surface area (Å²) in [5.41, 5.74) is 4.31. The van der Waals surface area contributed by atoms with Gasteiger partial charge < -0.3 is 9.84 Å². The quantitative estimate of drug-likeness (QED) is 0.571. The number of carboxylic acid groups (broad SMARTS) is 1. The van der Waals surface area contributed by atoms with Gasteiger partial charge in [0.25, 0.3) is 0 Å². The third-order valence-corrected chi connectivity index (χ3v) is 4.99. The van der Waals surface area contributed by atoms with E-state index in [2.05, 4.69) is 49.8 Å². The van der Waals surface area contributed by atoms with Crippen LogP contribution in [0.25, 0.3) is 10.9 Å². The van der Waals surface area contributed by atoms with Gasteiger partial charge in [0, 0.05) is 11.4 Å². The van der Waals surface area contributed by atoms with Crippen LogP contribution in [0.1, 0.15) is 55.8 Å². The molecule has 0 spiro atoms. The number of nitrogens with zero attached hydrogens (tertiary/aromatic N) is 2. The van der Waals surface area contributed by atoms with Crippen LogP contribution in [0, 0.1) is 18.8 Å². The maximum absolute atomic E-state index is 11.1. The lowest BCUT2D eigenvalue weighted by Crippen LogP contribution is -2.06. The highest BCUT2D eigenvalue weighted by Gasteiger charge is 2.14. The van der Waals surface area contributed by atoms with Crippen molar-refractivity contribution < 1.29 is 14.6 Å². The third-order valence-electron chi connectivity index (χ3n) is 4.99. The number of fused-ring (bicyclic) bond motifs is 1. The predicted molar refractivity (Wildman–Crippen MR) is 114 cm³/mol. The van der Waals surface area contributed by atoms with E-state index in [9.17, 15) is 4.79 Å². The fraction of sp³-hybridized carbons (Fsp3) is 0.333. The van der Waals surface area contributed by atoms with E-state index < -0.39 is 5.97 Å². The molecule has 0 aliphatic carbocycles. The van der Waals surface area contributed by atoms with Gasteiger partial charge in [0.05, 0.1) is 24.1 Å². The standard InChI is InChI=1S/C24H26N2O3/c1-5-6-19(13-23(27)28)18-9-11-22(12-10-18)29-15-21-8-7-20-14-25-26(16(2)3)24(20)17(21)4/h7-12,14,16,19H,13,15H2,1-4H3,(H,27,28)/t19-/m0/s1. The van der Waals surface area contributed by atoms with Gasteiger partial charge in [-0.25, -0.2) is 0 Å². The van der Waals surface area contributed by atoms with Crippen molar-refractivity contribution in [2.45, 2.75) is 52.7 Å². The first-order chi connectivity index (χ1) is 13.9. The van der Waals surface area contributed by atoms with Crippen LogP contribution in [0.15, 0.2) is 42.6 Å². The van der Waals surface area contributed by atoms with Crippen molar-refractivity contribution in [2.75, 3.05) is 0 Å². The topological polar surface area (TPSA) is 64.3 Å². The zero-order valence-corrected chi connectivity index (χ0v) is 17.3. The molecule has 29 heavy (non-hydrogen) atoms. The van der Waals surface area contributed by atoms with Crippen LogP contribution in [0.4, 0.5) is 0 Å². The fourth-order valence-electron chi connectivity index (χ4n) is 3.46. The van der Waals surface area contributed by atoms with Crippen molar-refractivity contribution in [2.24, 2.45) is 0 Å². The van der Waals surface area contributed by atoms with Gasteiger partial charge in [-0.1, -0.05) is 30.2 Å². The van der Waals surface area contributed by atoms with E-state index in [4.69, 9.17) is 9.84 Å². The Morgan fingerprint density at radius 3 is 2.55 bits per heavy atom. The molecule has 5 heteroatoms. The molecule has 1 atom stereocenters.